The Bertz CT molecular complexity index is 7890. The molecule has 24 heteroatoms. The molecule has 0 spiro atoms. The van der Waals surface area contributed by atoms with Gasteiger partial charge in [-0.3, -0.25) is 44.7 Å². The van der Waals surface area contributed by atoms with Crippen molar-refractivity contribution < 1.29 is 13.6 Å². The first-order valence-corrected chi connectivity index (χ1v) is 41.7. The summed E-state index contributed by atoms with van der Waals surface area (Å²) in [6.45, 7) is 2.07. The number of rotatable bonds is 16. The number of aromatic nitrogens is 14. The summed E-state index contributed by atoms with van der Waals surface area (Å²) in [4.78, 5) is 80.0. The number of nitrogens with two attached hydrogens (primary N) is 1. The number of carbonyl (C=O) groups excluding carboxylic acids is 1. The SMILES string of the molecule is C1=Nc2cc(Nc3nc(-c4ccncc4)cc4ncccc34)ccc2C1.CN(c1cccc(F)c1)c1nc(-c2ccccc2)cc2ncccc12.Cc1cc2cc(Nc3nc(-c4ccccc4)cc4ncccc34)ccc2[nH]1.NC(=O)c1cccc(Nc2nc(-c3ccccc3)cc3ncccc23)c1.c1cnc2cc(-c3ccncc3)nc(Nc3ccc4ncoc4c3)c2c1. The summed E-state index contributed by atoms with van der Waals surface area (Å²) in [5, 5.41) is 19.6. The van der Waals surface area contributed by atoms with Gasteiger partial charge in [0.1, 0.15) is 40.4 Å². The molecule has 7 N–H and O–H groups in total. The van der Waals surface area contributed by atoms with E-state index >= 15 is 0 Å². The van der Waals surface area contributed by atoms with Gasteiger partial charge < -0.3 is 41.3 Å². The second kappa shape index (κ2) is 37.6. The van der Waals surface area contributed by atoms with Crippen LogP contribution < -0.4 is 31.9 Å². The molecule has 0 atom stereocenters. The molecule has 15 heterocycles. The number of primary amides is 1. The summed E-state index contributed by atoms with van der Waals surface area (Å²) in [6.07, 6.45) is 20.2. The maximum Gasteiger partial charge on any atom is 0.248 e. The Kier molecular flexibility index (Phi) is 23.6. The minimum atomic E-state index is -0.467. The van der Waals surface area contributed by atoms with Gasteiger partial charge in [0.05, 0.1) is 61.7 Å². The number of amides is 1. The number of hydrogen-bond acceptors (Lipinski definition) is 21. The standard InChI is InChI=1S/C23H18N4.C21H16FN3.C21H15N5.C21H16N4O.C20H13N5O/c1-15-12-17-13-18(9-10-20(17)25-15)26-23-19-8-5-11-24-22(19)14-21(27-23)16-6-3-2-4-7-16;1-25(17-10-5-9-16(22)13-17)21-18-11-6-12-23-20(18)14-19(24-21)15-7-3-2-4-8-15;1-2-17-20(23-8-1)13-19(15-5-9-22-10-6-15)26-21(17)25-16-4-3-14-7-11-24-18(14)12-16;22-20(26)15-8-4-9-16(12-15)24-21-17-10-5-11-23-19(17)13-18(25-21)14-6-2-1-3-7-14;1-2-15-18(22-7-1)11-17(13-5-8-21-9-6-13)25-20(15)24-14-3-4-16-19(10-14)26-12-23-16/h2-14,25H,1H3,(H,26,27);2-14H,1H3;1-6,8-13H,7H2,(H,25,26);1-13H,(H2,22,26)(H,24,25);1-12H,(H,24,25). The fraction of sp³-hybridized carbons (Fsp3) is 0.0283. The predicted molar refractivity (Wildman–Crippen MR) is 518 cm³/mol. The lowest BCUT2D eigenvalue weighted by Gasteiger charge is -2.21. The van der Waals surface area contributed by atoms with Crippen LogP contribution in [0.4, 0.5) is 67.6 Å². The zero-order valence-corrected chi connectivity index (χ0v) is 70.1. The first kappa shape index (κ1) is 81.6. The van der Waals surface area contributed by atoms with Gasteiger partial charge in [-0.05, 0) is 213 Å². The maximum atomic E-state index is 13.6. The molecule has 0 fully saturated rings. The van der Waals surface area contributed by atoms with Gasteiger partial charge in [-0.2, -0.15) is 0 Å². The van der Waals surface area contributed by atoms with E-state index in [1.54, 1.807) is 73.8 Å². The van der Waals surface area contributed by atoms with E-state index in [-0.39, 0.29) is 5.82 Å². The van der Waals surface area contributed by atoms with Gasteiger partial charge in [0.2, 0.25) is 5.91 Å². The molecule has 0 bridgehead atoms. The molecule has 0 unspecified atom stereocenters. The molecule has 0 radical (unpaired) electrons. The Balaban J connectivity index is 0.000000105. The van der Waals surface area contributed by atoms with Gasteiger partial charge >= 0.3 is 0 Å². The number of carbonyl (C=O) groups is 1. The van der Waals surface area contributed by atoms with E-state index in [4.69, 9.17) is 35.1 Å². The van der Waals surface area contributed by atoms with E-state index in [0.29, 0.717) is 11.4 Å². The van der Waals surface area contributed by atoms with E-state index in [9.17, 15) is 9.18 Å². The summed E-state index contributed by atoms with van der Waals surface area (Å²) < 4.78 is 19.0. The molecule has 23 nitrogen and oxygen atoms in total. The third-order valence-electron chi connectivity index (χ3n) is 21.6. The number of aliphatic imine (C=N–C) groups is 1. The lowest BCUT2D eigenvalue weighted by atomic mass is 10.1. The third-order valence-corrected chi connectivity index (χ3v) is 21.6. The van der Waals surface area contributed by atoms with Gasteiger partial charge in [-0.25, -0.2) is 34.3 Å². The van der Waals surface area contributed by atoms with Crippen LogP contribution in [0.1, 0.15) is 21.6 Å². The average Bonchev–Trinajstić information content (AvgIpc) is 1.03. The van der Waals surface area contributed by atoms with Crippen molar-refractivity contribution in [1.82, 2.24) is 69.8 Å². The quantitative estimate of drug-likeness (QED) is 0.0524. The number of pyridine rings is 12. The molecule has 1 aliphatic heterocycles. The molecular formula is C106H78FN21O2. The summed E-state index contributed by atoms with van der Waals surface area (Å²) in [5.74, 6) is 3.01. The monoisotopic (exact) mass is 1700 g/mol. The molecule has 626 valence electrons. The van der Waals surface area contributed by atoms with Gasteiger partial charge in [0.25, 0.3) is 0 Å². The Morgan fingerprint density at radius 2 is 0.815 bits per heavy atom. The molecule has 0 saturated carbocycles. The first-order valence-electron chi connectivity index (χ1n) is 41.7. The number of aromatic amines is 1. The number of benzene rings is 8. The first-order chi connectivity index (χ1) is 63.9. The molecule has 0 aliphatic carbocycles. The lowest BCUT2D eigenvalue weighted by Crippen LogP contribution is -2.12. The van der Waals surface area contributed by atoms with Gasteiger partial charge in [0.15, 0.2) is 12.0 Å². The van der Waals surface area contributed by atoms with Crippen molar-refractivity contribution in [3.05, 3.63) is 400 Å². The zero-order chi connectivity index (χ0) is 88.1. The number of hydrogen-bond donors (Lipinski definition) is 6. The molecule has 1 aliphatic rings. The number of aryl methyl sites for hydroxylation is 1. The van der Waals surface area contributed by atoms with E-state index in [2.05, 4.69) is 133 Å². The van der Waals surface area contributed by atoms with Gasteiger partial charge in [-0.15, -0.1) is 0 Å². The number of fused-ring (bicyclic) bond motifs is 8. The zero-order valence-electron chi connectivity index (χ0n) is 70.1. The number of nitrogens with one attached hydrogen (secondary N) is 5. The minimum Gasteiger partial charge on any atom is -0.443 e. The average molecular weight is 1700 g/mol. The van der Waals surface area contributed by atoms with Crippen LogP contribution >= 0.6 is 0 Å². The van der Waals surface area contributed by atoms with Crippen molar-refractivity contribution >= 4 is 152 Å². The predicted octanol–water partition coefficient (Wildman–Crippen LogP) is 24.4. The highest BCUT2D eigenvalue weighted by molar-refractivity contribution is 6.00. The van der Waals surface area contributed by atoms with E-state index in [1.807, 2.05) is 249 Å². The summed E-state index contributed by atoms with van der Waals surface area (Å²) in [5.41, 5.74) is 30.0. The maximum absolute atomic E-state index is 13.6. The summed E-state index contributed by atoms with van der Waals surface area (Å²) in [6, 6.07) is 101. The Morgan fingerprint density at radius 3 is 1.31 bits per heavy atom. The fourth-order valence-electron chi connectivity index (χ4n) is 15.2. The lowest BCUT2D eigenvalue weighted by molar-refractivity contribution is 0.1000. The van der Waals surface area contributed by atoms with Crippen molar-refractivity contribution in [3.8, 4) is 56.3 Å². The van der Waals surface area contributed by atoms with E-state index in [0.717, 1.165) is 197 Å². The molecule has 1 amide bonds. The Morgan fingerprint density at radius 1 is 0.385 bits per heavy atom. The summed E-state index contributed by atoms with van der Waals surface area (Å²) in [7, 11) is 1.89. The normalized spacial score (nSPS) is 11.2. The number of halogens is 1. The van der Waals surface area contributed by atoms with E-state index < -0.39 is 5.91 Å². The van der Waals surface area contributed by atoms with Crippen molar-refractivity contribution in [1.29, 1.82) is 0 Å². The van der Waals surface area contributed by atoms with Gasteiger partial charge in [-0.1, -0.05) is 109 Å². The molecule has 0 saturated heterocycles. The molecule has 23 rings (SSSR count). The van der Waals surface area contributed by atoms with Crippen LogP contribution in [0.3, 0.4) is 0 Å². The number of oxazole rings is 1. The van der Waals surface area contributed by atoms with Crippen molar-refractivity contribution in [3.63, 3.8) is 0 Å². The van der Waals surface area contributed by atoms with Crippen LogP contribution in [0.15, 0.2) is 387 Å². The highest BCUT2D eigenvalue weighted by Gasteiger charge is 2.19. The smallest absolute Gasteiger partial charge is 0.248 e. The fourth-order valence-corrected chi connectivity index (χ4v) is 15.2. The number of H-pyrrole nitrogens is 1. The van der Waals surface area contributed by atoms with Crippen molar-refractivity contribution in [2.24, 2.45) is 10.7 Å². The minimum absolute atomic E-state index is 0.272. The number of anilines is 10. The van der Waals surface area contributed by atoms with Gasteiger partial charge in [0, 0.05) is 187 Å². The van der Waals surface area contributed by atoms with Crippen molar-refractivity contribution in [2.75, 3.05) is 33.2 Å². The molecule has 8 aromatic carbocycles. The Hall–Kier alpha value is -18.1. The van der Waals surface area contributed by atoms with Crippen LogP contribution in [0.25, 0.3) is 133 Å². The Labute approximate surface area is 744 Å². The summed E-state index contributed by atoms with van der Waals surface area (Å²) >= 11 is 0. The molecule has 130 heavy (non-hydrogen) atoms. The van der Waals surface area contributed by atoms with Crippen molar-refractivity contribution in [2.45, 2.75) is 13.3 Å². The van der Waals surface area contributed by atoms with Crippen LogP contribution in [-0.2, 0) is 6.42 Å². The molecule has 22 aromatic rings. The third kappa shape index (κ3) is 18.7. The second-order valence-corrected chi connectivity index (χ2v) is 30.3. The topological polar surface area (TPSA) is 303 Å². The largest absolute Gasteiger partial charge is 0.443 e. The van der Waals surface area contributed by atoms with Crippen LogP contribution in [0.5, 0.6) is 0 Å². The highest BCUT2D eigenvalue weighted by Crippen LogP contribution is 2.38. The van der Waals surface area contributed by atoms with Crippen LogP contribution in [0.2, 0.25) is 0 Å². The molecular weight excluding hydrogens is 1620 g/mol. The second-order valence-electron chi connectivity index (χ2n) is 30.3. The highest BCUT2D eigenvalue weighted by atomic mass is 19.1. The van der Waals surface area contributed by atoms with Crippen LogP contribution in [-0.4, -0.2) is 88.9 Å². The molecule has 14 aromatic heterocycles. The van der Waals surface area contributed by atoms with E-state index in [1.165, 1.54) is 29.5 Å². The van der Waals surface area contributed by atoms with Crippen LogP contribution in [0, 0.1) is 12.7 Å². The number of nitrogens with zero attached hydrogens (tertiary/aromatic N) is 15.